The molecule has 0 aromatic rings. The number of hydrogen-bond acceptors (Lipinski definition) is 3. The molecule has 0 radical (unpaired) electrons. The average molecular weight is 197 g/mol. The van der Waals surface area contributed by atoms with E-state index in [0.717, 1.165) is 12.8 Å². The zero-order valence-electron chi connectivity index (χ0n) is 8.03. The van der Waals surface area contributed by atoms with Gasteiger partial charge in [-0.15, -0.1) is 0 Å². The van der Waals surface area contributed by atoms with E-state index in [4.69, 9.17) is 5.73 Å². The molecule has 5 heteroatoms. The molecular formula is C9H15N3O2. The number of carbonyl (C=O) groups is 2. The minimum atomic E-state index is -1.01. The third kappa shape index (κ3) is 3.55. The number of nitrogens with two attached hydrogens (primary N) is 1. The Bertz CT molecular complexity index is 244. The summed E-state index contributed by atoms with van der Waals surface area (Å²) in [6.07, 6.45) is 7.60. The summed E-state index contributed by atoms with van der Waals surface area (Å²) < 4.78 is 0. The number of hydrazone groups is 1. The Balaban J connectivity index is 2.25. The van der Waals surface area contributed by atoms with Gasteiger partial charge in [0.2, 0.25) is 0 Å². The van der Waals surface area contributed by atoms with Crippen LogP contribution in [0, 0.1) is 5.92 Å². The zero-order valence-corrected chi connectivity index (χ0v) is 8.03. The van der Waals surface area contributed by atoms with Crippen LogP contribution >= 0.6 is 0 Å². The van der Waals surface area contributed by atoms with E-state index in [1.165, 1.54) is 19.3 Å². The van der Waals surface area contributed by atoms with Crippen LogP contribution < -0.4 is 11.2 Å². The van der Waals surface area contributed by atoms with E-state index in [2.05, 4.69) is 10.5 Å². The first-order chi connectivity index (χ1) is 6.70. The van der Waals surface area contributed by atoms with Crippen molar-refractivity contribution >= 4 is 18.0 Å². The summed E-state index contributed by atoms with van der Waals surface area (Å²) in [4.78, 5) is 21.0. The number of hydrogen-bond donors (Lipinski definition) is 2. The van der Waals surface area contributed by atoms with Gasteiger partial charge in [-0.1, -0.05) is 19.3 Å². The molecule has 1 fully saturated rings. The minimum Gasteiger partial charge on any atom is -0.361 e. The maximum Gasteiger partial charge on any atom is 0.329 e. The lowest BCUT2D eigenvalue weighted by Crippen LogP contribution is -2.33. The average Bonchev–Trinajstić information content (AvgIpc) is 2.19. The number of nitrogens with zero attached hydrogens (tertiary/aromatic N) is 1. The molecule has 0 atom stereocenters. The fraction of sp³-hybridized carbons (Fsp3) is 0.667. The van der Waals surface area contributed by atoms with Crippen molar-refractivity contribution in [1.82, 2.24) is 5.43 Å². The maximum absolute atomic E-state index is 10.7. The largest absolute Gasteiger partial charge is 0.361 e. The Morgan fingerprint density at radius 3 is 2.50 bits per heavy atom. The van der Waals surface area contributed by atoms with Crippen LogP contribution in [0.1, 0.15) is 32.1 Å². The predicted octanol–water partition coefficient (Wildman–Crippen LogP) is 0.154. The molecule has 14 heavy (non-hydrogen) atoms. The highest BCUT2D eigenvalue weighted by molar-refractivity contribution is 6.34. The summed E-state index contributed by atoms with van der Waals surface area (Å²) >= 11 is 0. The summed E-state index contributed by atoms with van der Waals surface area (Å²) in [5.41, 5.74) is 6.82. The van der Waals surface area contributed by atoms with Crippen molar-refractivity contribution in [3.05, 3.63) is 0 Å². The van der Waals surface area contributed by atoms with Crippen LogP contribution in [0.4, 0.5) is 0 Å². The summed E-state index contributed by atoms with van der Waals surface area (Å²) in [5.74, 6) is -1.44. The Kier molecular flexibility index (Phi) is 4.10. The molecule has 0 aromatic carbocycles. The van der Waals surface area contributed by atoms with Crippen LogP contribution in [0.15, 0.2) is 5.10 Å². The second-order valence-corrected chi connectivity index (χ2v) is 3.48. The molecule has 0 saturated heterocycles. The Morgan fingerprint density at radius 1 is 1.29 bits per heavy atom. The lowest BCUT2D eigenvalue weighted by molar-refractivity contribution is -0.137. The van der Waals surface area contributed by atoms with Gasteiger partial charge in [0.05, 0.1) is 0 Å². The van der Waals surface area contributed by atoms with Gasteiger partial charge in [-0.3, -0.25) is 9.59 Å². The van der Waals surface area contributed by atoms with E-state index in [-0.39, 0.29) is 0 Å². The molecule has 0 spiro atoms. The molecule has 2 amide bonds. The molecule has 1 rings (SSSR count). The lowest BCUT2D eigenvalue weighted by atomic mass is 9.90. The highest BCUT2D eigenvalue weighted by atomic mass is 16.2. The number of primary amides is 1. The van der Waals surface area contributed by atoms with E-state index in [9.17, 15) is 9.59 Å². The number of carbonyl (C=O) groups excluding carboxylic acids is 2. The maximum atomic E-state index is 10.7. The molecule has 1 saturated carbocycles. The van der Waals surface area contributed by atoms with Crippen molar-refractivity contribution in [1.29, 1.82) is 0 Å². The van der Waals surface area contributed by atoms with Gasteiger partial charge in [0.25, 0.3) is 0 Å². The molecular weight excluding hydrogens is 182 g/mol. The van der Waals surface area contributed by atoms with E-state index in [1.54, 1.807) is 6.21 Å². The quantitative estimate of drug-likeness (QED) is 0.375. The predicted molar refractivity (Wildman–Crippen MR) is 52.4 cm³/mol. The zero-order chi connectivity index (χ0) is 10.4. The first-order valence-corrected chi connectivity index (χ1v) is 4.83. The molecule has 1 aliphatic rings. The first kappa shape index (κ1) is 10.7. The third-order valence-corrected chi connectivity index (χ3v) is 2.33. The van der Waals surface area contributed by atoms with Gasteiger partial charge in [0.15, 0.2) is 0 Å². The molecule has 0 heterocycles. The highest BCUT2D eigenvalue weighted by Crippen LogP contribution is 2.21. The molecule has 0 unspecified atom stereocenters. The summed E-state index contributed by atoms with van der Waals surface area (Å²) in [5, 5.41) is 3.69. The molecule has 1 aliphatic carbocycles. The van der Waals surface area contributed by atoms with Crippen LogP contribution in [-0.2, 0) is 9.59 Å². The van der Waals surface area contributed by atoms with Gasteiger partial charge in [0, 0.05) is 6.21 Å². The standard InChI is InChI=1S/C9H15N3O2/c10-8(13)9(14)12-11-6-7-4-2-1-3-5-7/h6-7H,1-5H2,(H2,10,13)(H,12,14)/b11-6-. The van der Waals surface area contributed by atoms with Crippen LogP contribution in [0.25, 0.3) is 0 Å². The number of rotatable bonds is 2. The van der Waals surface area contributed by atoms with Crippen molar-refractivity contribution < 1.29 is 9.59 Å². The number of nitrogens with one attached hydrogen (secondary N) is 1. The van der Waals surface area contributed by atoms with Crippen molar-refractivity contribution in [2.24, 2.45) is 16.8 Å². The van der Waals surface area contributed by atoms with Gasteiger partial charge in [-0.2, -0.15) is 5.10 Å². The van der Waals surface area contributed by atoms with Crippen molar-refractivity contribution in [2.75, 3.05) is 0 Å². The van der Waals surface area contributed by atoms with Gasteiger partial charge < -0.3 is 5.73 Å². The van der Waals surface area contributed by atoms with E-state index in [1.807, 2.05) is 0 Å². The molecule has 5 nitrogen and oxygen atoms in total. The van der Waals surface area contributed by atoms with Gasteiger partial charge in [0.1, 0.15) is 0 Å². The van der Waals surface area contributed by atoms with E-state index >= 15 is 0 Å². The topological polar surface area (TPSA) is 84.5 Å². The molecule has 3 N–H and O–H groups in total. The van der Waals surface area contributed by atoms with E-state index in [0.29, 0.717) is 5.92 Å². The van der Waals surface area contributed by atoms with Gasteiger partial charge in [-0.25, -0.2) is 5.43 Å². The van der Waals surface area contributed by atoms with Crippen molar-refractivity contribution in [2.45, 2.75) is 32.1 Å². The Hall–Kier alpha value is -1.39. The first-order valence-electron chi connectivity index (χ1n) is 4.83. The minimum absolute atomic E-state index is 0.428. The lowest BCUT2D eigenvalue weighted by Gasteiger charge is -2.16. The molecule has 78 valence electrons. The van der Waals surface area contributed by atoms with Crippen molar-refractivity contribution in [3.63, 3.8) is 0 Å². The van der Waals surface area contributed by atoms with Crippen molar-refractivity contribution in [3.8, 4) is 0 Å². The van der Waals surface area contributed by atoms with Crippen LogP contribution in [0.5, 0.6) is 0 Å². The van der Waals surface area contributed by atoms with Gasteiger partial charge >= 0.3 is 11.8 Å². The fourth-order valence-electron chi connectivity index (χ4n) is 1.54. The molecule has 0 aromatic heterocycles. The summed E-state index contributed by atoms with van der Waals surface area (Å²) in [6, 6.07) is 0. The highest BCUT2D eigenvalue weighted by Gasteiger charge is 2.11. The molecule has 0 bridgehead atoms. The second-order valence-electron chi connectivity index (χ2n) is 3.48. The Labute approximate surface area is 82.7 Å². The summed E-state index contributed by atoms with van der Waals surface area (Å²) in [6.45, 7) is 0. The van der Waals surface area contributed by atoms with Crippen LogP contribution in [0.3, 0.4) is 0 Å². The van der Waals surface area contributed by atoms with E-state index < -0.39 is 11.8 Å². The van der Waals surface area contributed by atoms with Crippen LogP contribution in [-0.4, -0.2) is 18.0 Å². The second kappa shape index (κ2) is 5.36. The fourth-order valence-corrected chi connectivity index (χ4v) is 1.54. The normalized spacial score (nSPS) is 18.3. The Morgan fingerprint density at radius 2 is 1.93 bits per heavy atom. The number of amides is 2. The van der Waals surface area contributed by atoms with Gasteiger partial charge in [-0.05, 0) is 18.8 Å². The molecule has 0 aliphatic heterocycles. The van der Waals surface area contributed by atoms with Crippen LogP contribution in [0.2, 0.25) is 0 Å². The third-order valence-electron chi connectivity index (χ3n) is 2.33. The smallest absolute Gasteiger partial charge is 0.329 e. The summed E-state index contributed by atoms with van der Waals surface area (Å²) in [7, 11) is 0. The monoisotopic (exact) mass is 197 g/mol. The SMILES string of the molecule is NC(=O)C(=O)N/N=C\C1CCCCC1.